The van der Waals surface area contributed by atoms with Crippen molar-refractivity contribution in [3.8, 4) is 0 Å². The summed E-state index contributed by atoms with van der Waals surface area (Å²) in [5.41, 5.74) is 9.66. The maximum Gasteiger partial charge on any atom is 0.408 e. The van der Waals surface area contributed by atoms with Gasteiger partial charge in [0.15, 0.2) is 0 Å². The highest BCUT2D eigenvalue weighted by Crippen LogP contribution is 2.12. The third kappa shape index (κ3) is 49.2. The summed E-state index contributed by atoms with van der Waals surface area (Å²) in [6, 6.07) is -0.739. The van der Waals surface area contributed by atoms with Crippen molar-refractivity contribution in [2.24, 2.45) is 11.5 Å². The quantitative estimate of drug-likeness (QED) is 0.0314. The number of hydrogen-bond acceptors (Lipinski definition) is 16. The first kappa shape index (κ1) is 66.8. The van der Waals surface area contributed by atoms with Gasteiger partial charge in [0, 0.05) is 16.1 Å². The summed E-state index contributed by atoms with van der Waals surface area (Å²) >= 11 is 6.45. The van der Waals surface area contributed by atoms with Crippen LogP contribution in [0.4, 0.5) is 9.59 Å². The van der Waals surface area contributed by atoms with E-state index >= 15 is 0 Å². The van der Waals surface area contributed by atoms with Gasteiger partial charge in [0.1, 0.15) is 35.4 Å². The number of aliphatic carboxylic acids is 2. The van der Waals surface area contributed by atoms with Gasteiger partial charge in [-0.15, -0.1) is 0 Å². The first-order chi connectivity index (χ1) is 28.2. The Morgan fingerprint density at radius 2 is 0.855 bits per heavy atom. The molecule has 0 rings (SSSR count). The van der Waals surface area contributed by atoms with Gasteiger partial charge in [-0.2, -0.15) is 47.0 Å². The Balaban J connectivity index is -0.000000377. The SMILES string of the molecule is CSCCC(N)C(=O)O.CSCCC(N)C(=O)OCC[Si](C)(C)C.CSCCC(NC(=O)OC(C)(C)C)C(=O)O.CSCCC(NC(=O)OC(C)(C)C)C(=O)OCC[Si](C)(C)C. The summed E-state index contributed by atoms with van der Waals surface area (Å²) in [4.78, 5) is 67.6. The van der Waals surface area contributed by atoms with E-state index in [0.717, 1.165) is 29.3 Å². The lowest BCUT2D eigenvalue weighted by atomic mass is 10.2. The molecule has 8 N–H and O–H groups in total. The van der Waals surface area contributed by atoms with E-state index in [2.05, 4.69) is 49.9 Å². The number of nitrogens with two attached hydrogens (primary N) is 2. The zero-order valence-electron chi connectivity index (χ0n) is 40.6. The van der Waals surface area contributed by atoms with Crippen molar-refractivity contribution in [3.05, 3.63) is 0 Å². The molecule has 62 heavy (non-hydrogen) atoms. The van der Waals surface area contributed by atoms with Gasteiger partial charge in [-0.1, -0.05) is 39.3 Å². The average molecular weight is 998 g/mol. The monoisotopic (exact) mass is 996 g/mol. The Labute approximate surface area is 392 Å². The summed E-state index contributed by atoms with van der Waals surface area (Å²) in [5, 5.41) is 22.1. The summed E-state index contributed by atoms with van der Waals surface area (Å²) < 4.78 is 20.6. The standard InChI is InChI=1S/C15H31NO4SSi.C10H19NO4S.C10H23NO2SSi.C5H11NO2S/c1-15(2,3)20-14(18)16-12(8-10-21-4)13(17)19-9-11-22(5,6)7;1-10(2,3)15-9(14)11-7(8(12)13)5-6-16-4;1-14-7-5-9(11)10(12)13-6-8-15(2,3)4;1-9-3-2-4(6)5(7)8/h12H,8-11H2,1-7H3,(H,16,18);7H,5-6H2,1-4H3,(H,11,14)(H,12,13);9H,5-8,11H2,1-4H3;4H,2-3,6H2,1H3,(H,7,8). The van der Waals surface area contributed by atoms with Crippen molar-refractivity contribution in [3.63, 3.8) is 0 Å². The van der Waals surface area contributed by atoms with Crippen LogP contribution in [0.25, 0.3) is 0 Å². The fourth-order valence-corrected chi connectivity index (χ4v) is 7.08. The summed E-state index contributed by atoms with van der Waals surface area (Å²) in [6.07, 6.45) is 8.66. The molecule has 0 heterocycles. The minimum atomic E-state index is -1.24. The molecule has 0 aromatic rings. The number of carbonyl (C=O) groups is 6. The molecule has 16 nitrogen and oxygen atoms in total. The van der Waals surface area contributed by atoms with Crippen LogP contribution < -0.4 is 22.1 Å². The van der Waals surface area contributed by atoms with Crippen molar-refractivity contribution in [2.45, 2.75) is 154 Å². The number of nitrogens with one attached hydrogen (secondary N) is 2. The van der Waals surface area contributed by atoms with E-state index in [1.54, 1.807) is 76.8 Å². The Morgan fingerprint density at radius 3 is 1.18 bits per heavy atom. The van der Waals surface area contributed by atoms with E-state index in [4.69, 9.17) is 40.6 Å². The Hall–Kier alpha value is -1.83. The van der Waals surface area contributed by atoms with Gasteiger partial charge in [0.25, 0.3) is 0 Å². The number of amides is 2. The molecular weight excluding hydrogens is 913 g/mol. The minimum absolute atomic E-state index is 0.248. The maximum absolute atomic E-state index is 12.1. The molecular formula is C40H84N4O12S4Si2. The van der Waals surface area contributed by atoms with Crippen molar-refractivity contribution < 1.29 is 57.9 Å². The topological polar surface area (TPSA) is 256 Å². The second-order valence-electron chi connectivity index (χ2n) is 18.4. The van der Waals surface area contributed by atoms with Crippen LogP contribution in [0.2, 0.25) is 51.4 Å². The maximum atomic E-state index is 12.1. The second-order valence-corrected chi connectivity index (χ2v) is 33.6. The van der Waals surface area contributed by atoms with Gasteiger partial charge in [-0.25, -0.2) is 19.2 Å². The molecule has 22 heteroatoms. The minimum Gasteiger partial charge on any atom is -0.480 e. The fraction of sp³-hybridized carbons (Fsp3) is 0.850. The third-order valence-corrected chi connectivity index (χ3v) is 13.2. The molecule has 0 aromatic heterocycles. The number of carboxylic acids is 2. The molecule has 368 valence electrons. The van der Waals surface area contributed by atoms with Crippen LogP contribution in [0.5, 0.6) is 0 Å². The predicted molar refractivity (Wildman–Crippen MR) is 268 cm³/mol. The van der Waals surface area contributed by atoms with Crippen LogP contribution in [0, 0.1) is 0 Å². The highest BCUT2D eigenvalue weighted by atomic mass is 32.2. The van der Waals surface area contributed by atoms with Gasteiger partial charge in [-0.3, -0.25) is 9.59 Å². The molecule has 2 amide bonds. The molecule has 0 aliphatic rings. The van der Waals surface area contributed by atoms with E-state index in [1.165, 1.54) is 11.8 Å². The lowest BCUT2D eigenvalue weighted by Gasteiger charge is -2.23. The first-order valence-corrected chi connectivity index (χ1v) is 33.5. The van der Waals surface area contributed by atoms with Crippen molar-refractivity contribution in [1.29, 1.82) is 0 Å². The van der Waals surface area contributed by atoms with E-state index in [9.17, 15) is 28.8 Å². The van der Waals surface area contributed by atoms with Crippen LogP contribution in [-0.4, -0.2) is 159 Å². The zero-order valence-corrected chi connectivity index (χ0v) is 45.8. The van der Waals surface area contributed by atoms with Gasteiger partial charge in [-0.05, 0) is 127 Å². The average Bonchev–Trinajstić information content (AvgIpc) is 3.10. The number of carbonyl (C=O) groups excluding carboxylic acids is 4. The number of ether oxygens (including phenoxy) is 4. The third-order valence-electron chi connectivity index (χ3n) is 7.26. The Kier molecular flexibility index (Phi) is 39.2. The largest absolute Gasteiger partial charge is 0.480 e. The van der Waals surface area contributed by atoms with Gasteiger partial charge in [0.2, 0.25) is 0 Å². The highest BCUT2D eigenvalue weighted by Gasteiger charge is 2.26. The first-order valence-electron chi connectivity index (χ1n) is 20.5. The summed E-state index contributed by atoms with van der Waals surface area (Å²) in [7, 11) is -2.35. The molecule has 0 aliphatic heterocycles. The van der Waals surface area contributed by atoms with Crippen molar-refractivity contribution in [2.75, 3.05) is 61.2 Å². The van der Waals surface area contributed by atoms with Crippen LogP contribution in [-0.2, 0) is 38.1 Å². The number of rotatable bonds is 24. The fourth-order valence-electron chi connectivity index (χ4n) is 3.73. The molecule has 0 radical (unpaired) electrons. The molecule has 0 saturated carbocycles. The Morgan fingerprint density at radius 1 is 0.532 bits per heavy atom. The van der Waals surface area contributed by atoms with E-state index in [-0.39, 0.29) is 11.9 Å². The number of esters is 2. The predicted octanol–water partition coefficient (Wildman–Crippen LogP) is 7.33. The zero-order chi connectivity index (χ0) is 49.3. The van der Waals surface area contributed by atoms with Crippen LogP contribution >= 0.6 is 47.0 Å². The van der Waals surface area contributed by atoms with E-state index in [1.807, 2.05) is 25.0 Å². The normalized spacial score (nSPS) is 13.3. The smallest absolute Gasteiger partial charge is 0.408 e. The van der Waals surface area contributed by atoms with Gasteiger partial charge >= 0.3 is 36.1 Å². The molecule has 4 atom stereocenters. The van der Waals surface area contributed by atoms with Crippen LogP contribution in [0.15, 0.2) is 0 Å². The highest BCUT2D eigenvalue weighted by molar-refractivity contribution is 7.99. The number of thioether (sulfide) groups is 4. The molecule has 4 unspecified atom stereocenters. The van der Waals surface area contributed by atoms with E-state index in [0.29, 0.717) is 44.6 Å². The lowest BCUT2D eigenvalue weighted by molar-refractivity contribution is -0.146. The van der Waals surface area contributed by atoms with Gasteiger partial charge < -0.3 is 51.3 Å². The molecule has 0 spiro atoms. The van der Waals surface area contributed by atoms with Crippen molar-refractivity contribution >= 4 is 99.3 Å². The van der Waals surface area contributed by atoms with Crippen LogP contribution in [0.3, 0.4) is 0 Å². The Bertz CT molecular complexity index is 1270. The van der Waals surface area contributed by atoms with Crippen molar-refractivity contribution in [1.82, 2.24) is 10.6 Å². The molecule has 0 bridgehead atoms. The lowest BCUT2D eigenvalue weighted by Crippen LogP contribution is -2.44. The van der Waals surface area contributed by atoms with Crippen LogP contribution in [0.1, 0.15) is 67.2 Å². The summed E-state index contributed by atoms with van der Waals surface area (Å²) in [6.45, 7) is 24.9. The van der Waals surface area contributed by atoms with Gasteiger partial charge in [0.05, 0.1) is 13.2 Å². The molecule has 0 fully saturated rings. The summed E-state index contributed by atoms with van der Waals surface area (Å²) in [5.74, 6) is 0.582. The number of hydrogen-bond donors (Lipinski definition) is 6. The number of alkyl carbamates (subject to hydrolysis) is 2. The number of carboxylic acid groups (broad SMARTS) is 2. The second kappa shape index (κ2) is 36.4. The molecule has 0 aliphatic carbocycles. The molecule has 0 saturated heterocycles. The van der Waals surface area contributed by atoms with E-state index < -0.39 is 75.6 Å². The molecule has 0 aromatic carbocycles.